The Morgan fingerprint density at radius 1 is 1.05 bits per heavy atom. The molecule has 0 unspecified atom stereocenters. The molecule has 2 amide bonds. The molecule has 4 nitrogen and oxygen atoms in total. The molecule has 1 aromatic rings. The largest absolute Gasteiger partial charge is 0.341 e. The van der Waals surface area contributed by atoms with E-state index in [1.54, 1.807) is 23.1 Å². The van der Waals surface area contributed by atoms with Crippen LogP contribution in [-0.2, 0) is 4.79 Å². The summed E-state index contributed by atoms with van der Waals surface area (Å²) in [5.41, 5.74) is 0.371. The minimum atomic E-state index is -0.361. The number of hydrogen-bond acceptors (Lipinski definition) is 2. The normalized spacial score (nSPS) is 21.5. The summed E-state index contributed by atoms with van der Waals surface area (Å²) in [7, 11) is 0. The highest BCUT2D eigenvalue weighted by Gasteiger charge is 2.37. The smallest absolute Gasteiger partial charge is 0.256 e. The average molecular weight is 341 g/mol. The standard InChI is InChI=1S/C16H18Cl2N2O2/c17-11-5-6-13(18)12(10-11)15(21)20-9-3-4-14(20)16(22)19-7-1-2-8-19/h5-6,10,14H,1-4,7-9H2/t14-/m1/s1. The highest BCUT2D eigenvalue weighted by Crippen LogP contribution is 2.27. The Morgan fingerprint density at radius 2 is 1.77 bits per heavy atom. The molecule has 118 valence electrons. The quantitative estimate of drug-likeness (QED) is 0.829. The van der Waals surface area contributed by atoms with Crippen LogP contribution >= 0.6 is 23.2 Å². The molecule has 1 aromatic carbocycles. The third-order valence-electron chi connectivity index (χ3n) is 4.38. The highest BCUT2D eigenvalue weighted by atomic mass is 35.5. The molecule has 0 aromatic heterocycles. The zero-order valence-electron chi connectivity index (χ0n) is 12.2. The third-order valence-corrected chi connectivity index (χ3v) is 4.94. The third kappa shape index (κ3) is 2.95. The van der Waals surface area contributed by atoms with Crippen LogP contribution < -0.4 is 0 Å². The van der Waals surface area contributed by atoms with Crippen molar-refractivity contribution in [2.75, 3.05) is 19.6 Å². The van der Waals surface area contributed by atoms with Crippen LogP contribution in [0.3, 0.4) is 0 Å². The lowest BCUT2D eigenvalue weighted by atomic mass is 10.1. The number of halogens is 2. The second-order valence-electron chi connectivity index (χ2n) is 5.81. The minimum Gasteiger partial charge on any atom is -0.341 e. The van der Waals surface area contributed by atoms with Crippen molar-refractivity contribution >= 4 is 35.0 Å². The number of benzene rings is 1. The summed E-state index contributed by atoms with van der Waals surface area (Å²) in [5, 5.41) is 0.836. The van der Waals surface area contributed by atoms with E-state index in [0.29, 0.717) is 22.2 Å². The van der Waals surface area contributed by atoms with Gasteiger partial charge in [0.25, 0.3) is 5.91 Å². The van der Waals surface area contributed by atoms with E-state index in [-0.39, 0.29) is 17.9 Å². The molecule has 2 fully saturated rings. The van der Waals surface area contributed by atoms with Crippen molar-refractivity contribution in [3.05, 3.63) is 33.8 Å². The SMILES string of the molecule is O=C([C@H]1CCCN1C(=O)c1cc(Cl)ccc1Cl)N1CCCC1. The summed E-state index contributed by atoms with van der Waals surface area (Å²) >= 11 is 12.1. The Labute approximate surface area is 140 Å². The summed E-state index contributed by atoms with van der Waals surface area (Å²) in [6.45, 7) is 2.19. The Hall–Kier alpha value is -1.26. The van der Waals surface area contributed by atoms with Crippen LogP contribution in [-0.4, -0.2) is 47.3 Å². The second-order valence-corrected chi connectivity index (χ2v) is 6.66. The molecule has 0 aliphatic carbocycles. The van der Waals surface area contributed by atoms with E-state index in [0.717, 1.165) is 38.8 Å². The molecule has 22 heavy (non-hydrogen) atoms. The Bertz CT molecular complexity index is 600. The average Bonchev–Trinajstić information content (AvgIpc) is 3.19. The first-order valence-corrected chi connectivity index (χ1v) is 8.38. The van der Waals surface area contributed by atoms with Crippen molar-refractivity contribution in [2.24, 2.45) is 0 Å². The lowest BCUT2D eigenvalue weighted by Gasteiger charge is -2.28. The zero-order valence-corrected chi connectivity index (χ0v) is 13.7. The molecular weight excluding hydrogens is 323 g/mol. The summed E-state index contributed by atoms with van der Waals surface area (Å²) in [6.07, 6.45) is 3.66. The van der Waals surface area contributed by atoms with Crippen LogP contribution in [0, 0.1) is 0 Å². The Kier molecular flexibility index (Phi) is 4.59. The van der Waals surface area contributed by atoms with Gasteiger partial charge in [-0.2, -0.15) is 0 Å². The predicted octanol–water partition coefficient (Wildman–Crippen LogP) is 3.22. The summed E-state index contributed by atoms with van der Waals surface area (Å²) in [4.78, 5) is 28.9. The fourth-order valence-corrected chi connectivity index (χ4v) is 3.60. The van der Waals surface area contributed by atoms with Gasteiger partial charge in [-0.25, -0.2) is 0 Å². The number of carbonyl (C=O) groups excluding carboxylic acids is 2. The molecule has 2 aliphatic heterocycles. The molecule has 2 saturated heterocycles. The Morgan fingerprint density at radius 3 is 2.50 bits per heavy atom. The fraction of sp³-hybridized carbons (Fsp3) is 0.500. The van der Waals surface area contributed by atoms with Crippen LogP contribution in [0.5, 0.6) is 0 Å². The van der Waals surface area contributed by atoms with Gasteiger partial charge in [0.2, 0.25) is 5.91 Å². The number of amides is 2. The first kappa shape index (κ1) is 15.6. The number of carbonyl (C=O) groups is 2. The molecule has 3 rings (SSSR count). The first-order chi connectivity index (χ1) is 10.6. The van der Waals surface area contributed by atoms with Crippen molar-refractivity contribution in [1.29, 1.82) is 0 Å². The van der Waals surface area contributed by atoms with Crippen molar-refractivity contribution in [3.63, 3.8) is 0 Å². The van der Waals surface area contributed by atoms with E-state index in [9.17, 15) is 9.59 Å². The number of hydrogen-bond donors (Lipinski definition) is 0. The lowest BCUT2D eigenvalue weighted by molar-refractivity contribution is -0.134. The van der Waals surface area contributed by atoms with Gasteiger partial charge < -0.3 is 9.80 Å². The van der Waals surface area contributed by atoms with Gasteiger partial charge in [0.05, 0.1) is 10.6 Å². The molecule has 2 aliphatic rings. The number of nitrogens with zero attached hydrogens (tertiary/aromatic N) is 2. The number of likely N-dealkylation sites (tertiary alicyclic amines) is 2. The van der Waals surface area contributed by atoms with Crippen molar-refractivity contribution in [2.45, 2.75) is 31.7 Å². The van der Waals surface area contributed by atoms with E-state index in [1.165, 1.54) is 0 Å². The topological polar surface area (TPSA) is 40.6 Å². The lowest BCUT2D eigenvalue weighted by Crippen LogP contribution is -2.47. The summed E-state index contributed by atoms with van der Waals surface area (Å²) < 4.78 is 0. The van der Waals surface area contributed by atoms with Gasteiger partial charge in [-0.15, -0.1) is 0 Å². The van der Waals surface area contributed by atoms with Crippen LogP contribution in [0.1, 0.15) is 36.0 Å². The van der Waals surface area contributed by atoms with Crippen LogP contribution in [0.2, 0.25) is 10.0 Å². The highest BCUT2D eigenvalue weighted by molar-refractivity contribution is 6.35. The summed E-state index contributed by atoms with van der Waals surface area (Å²) in [6, 6.07) is 4.48. The van der Waals surface area contributed by atoms with Crippen molar-refractivity contribution < 1.29 is 9.59 Å². The van der Waals surface area contributed by atoms with Crippen LogP contribution in [0.15, 0.2) is 18.2 Å². The predicted molar refractivity (Wildman–Crippen MR) is 86.3 cm³/mol. The van der Waals surface area contributed by atoms with Crippen molar-refractivity contribution in [3.8, 4) is 0 Å². The maximum atomic E-state index is 12.8. The van der Waals surface area contributed by atoms with Gasteiger partial charge in [0.1, 0.15) is 6.04 Å². The molecule has 2 heterocycles. The summed E-state index contributed by atoms with van der Waals surface area (Å²) in [5.74, 6) is -0.135. The molecule has 0 saturated carbocycles. The van der Waals surface area contributed by atoms with Gasteiger partial charge in [0.15, 0.2) is 0 Å². The monoisotopic (exact) mass is 340 g/mol. The second kappa shape index (κ2) is 6.47. The molecule has 1 atom stereocenters. The van der Waals surface area contributed by atoms with Gasteiger partial charge in [-0.3, -0.25) is 9.59 Å². The van der Waals surface area contributed by atoms with Gasteiger partial charge >= 0.3 is 0 Å². The van der Waals surface area contributed by atoms with Crippen LogP contribution in [0.25, 0.3) is 0 Å². The van der Waals surface area contributed by atoms with Crippen LogP contribution in [0.4, 0.5) is 0 Å². The van der Waals surface area contributed by atoms with Gasteiger partial charge in [-0.1, -0.05) is 23.2 Å². The molecule has 0 bridgehead atoms. The van der Waals surface area contributed by atoms with E-state index in [1.807, 2.05) is 4.90 Å². The molecule has 6 heteroatoms. The number of rotatable bonds is 2. The maximum Gasteiger partial charge on any atom is 0.256 e. The van der Waals surface area contributed by atoms with E-state index in [4.69, 9.17) is 23.2 Å². The first-order valence-electron chi connectivity index (χ1n) is 7.63. The molecule has 0 spiro atoms. The molecule has 0 radical (unpaired) electrons. The molecule has 0 N–H and O–H groups in total. The Balaban J connectivity index is 1.81. The molecular formula is C16H18Cl2N2O2. The fourth-order valence-electron chi connectivity index (χ4n) is 3.23. The maximum absolute atomic E-state index is 12.8. The van der Waals surface area contributed by atoms with E-state index >= 15 is 0 Å². The zero-order chi connectivity index (χ0) is 15.7. The van der Waals surface area contributed by atoms with Gasteiger partial charge in [-0.05, 0) is 43.9 Å². The van der Waals surface area contributed by atoms with Crippen molar-refractivity contribution in [1.82, 2.24) is 9.80 Å². The van der Waals surface area contributed by atoms with E-state index in [2.05, 4.69) is 0 Å². The van der Waals surface area contributed by atoms with Gasteiger partial charge in [0, 0.05) is 24.7 Å². The van der Waals surface area contributed by atoms with E-state index < -0.39 is 0 Å². The minimum absolute atomic E-state index is 0.0708.